The number of hydrogen-bond acceptors (Lipinski definition) is 3. The van der Waals surface area contributed by atoms with Crippen LogP contribution in [0, 0.1) is 17.1 Å². The summed E-state index contributed by atoms with van der Waals surface area (Å²) >= 11 is 0. The molecule has 0 heterocycles. The van der Waals surface area contributed by atoms with E-state index in [2.05, 4.69) is 5.32 Å². The second-order valence-corrected chi connectivity index (χ2v) is 4.34. The second kappa shape index (κ2) is 5.76. The molecule has 0 aliphatic heterocycles. The number of aliphatic hydroxyl groups excluding tert-OH is 1. The number of halogens is 1. The number of hydrogen-bond donors (Lipinski definition) is 2. The molecule has 1 aromatic carbocycles. The number of aliphatic hydroxyl groups is 1. The molecule has 0 bridgehead atoms. The summed E-state index contributed by atoms with van der Waals surface area (Å²) in [6, 6.07) is 6.11. The van der Waals surface area contributed by atoms with Gasteiger partial charge in [-0.3, -0.25) is 0 Å². The molecule has 1 rings (SSSR count). The van der Waals surface area contributed by atoms with Gasteiger partial charge in [-0.2, -0.15) is 5.26 Å². The monoisotopic (exact) mass is 236 g/mol. The molecule has 4 heteroatoms. The molecule has 0 amide bonds. The Morgan fingerprint density at radius 1 is 1.53 bits per heavy atom. The van der Waals surface area contributed by atoms with Gasteiger partial charge in [-0.15, -0.1) is 0 Å². The third-order valence-corrected chi connectivity index (χ3v) is 3.02. The standard InChI is InChI=1S/C13H17FN2O/c1-3-13(2,9-17)16-8-11-6-12(14)5-4-10(11)7-15/h4-6,16-17H,3,8-9H2,1-2H3. The molecule has 1 aromatic rings. The normalized spacial score (nSPS) is 14.1. The van der Waals surface area contributed by atoms with E-state index >= 15 is 0 Å². The summed E-state index contributed by atoms with van der Waals surface area (Å²) in [6.07, 6.45) is 0.751. The highest BCUT2D eigenvalue weighted by molar-refractivity contribution is 5.37. The Balaban J connectivity index is 2.82. The smallest absolute Gasteiger partial charge is 0.123 e. The molecular formula is C13H17FN2O. The van der Waals surface area contributed by atoms with Gasteiger partial charge in [-0.1, -0.05) is 6.92 Å². The van der Waals surface area contributed by atoms with Crippen molar-refractivity contribution in [1.82, 2.24) is 5.32 Å². The van der Waals surface area contributed by atoms with Crippen LogP contribution in [-0.2, 0) is 6.54 Å². The van der Waals surface area contributed by atoms with Crippen LogP contribution >= 0.6 is 0 Å². The van der Waals surface area contributed by atoms with E-state index in [-0.39, 0.29) is 12.4 Å². The Labute approximate surface area is 101 Å². The molecule has 0 aromatic heterocycles. The third kappa shape index (κ3) is 3.52. The van der Waals surface area contributed by atoms with Gasteiger partial charge >= 0.3 is 0 Å². The predicted molar refractivity (Wildman–Crippen MR) is 63.7 cm³/mol. The summed E-state index contributed by atoms with van der Waals surface area (Å²) in [7, 11) is 0. The maximum Gasteiger partial charge on any atom is 0.123 e. The first-order chi connectivity index (χ1) is 8.04. The molecule has 0 aliphatic rings. The highest BCUT2D eigenvalue weighted by atomic mass is 19.1. The quantitative estimate of drug-likeness (QED) is 0.821. The van der Waals surface area contributed by atoms with E-state index in [1.54, 1.807) is 0 Å². The molecule has 3 nitrogen and oxygen atoms in total. The molecule has 2 N–H and O–H groups in total. The molecule has 0 radical (unpaired) electrons. The number of nitriles is 1. The van der Waals surface area contributed by atoms with Crippen molar-refractivity contribution in [2.24, 2.45) is 0 Å². The topological polar surface area (TPSA) is 56.0 Å². The van der Waals surface area contributed by atoms with Crippen molar-refractivity contribution >= 4 is 0 Å². The van der Waals surface area contributed by atoms with E-state index in [0.717, 1.165) is 6.42 Å². The van der Waals surface area contributed by atoms with E-state index in [4.69, 9.17) is 5.26 Å². The van der Waals surface area contributed by atoms with Crippen molar-refractivity contribution in [3.63, 3.8) is 0 Å². The zero-order valence-electron chi connectivity index (χ0n) is 10.1. The first-order valence-corrected chi connectivity index (χ1v) is 5.59. The Hall–Kier alpha value is -1.44. The Bertz CT molecular complexity index is 422. The van der Waals surface area contributed by atoms with Crippen LogP contribution in [0.1, 0.15) is 31.4 Å². The van der Waals surface area contributed by atoms with E-state index in [1.165, 1.54) is 18.2 Å². The minimum atomic E-state index is -0.404. The molecule has 0 fully saturated rings. The van der Waals surface area contributed by atoms with Crippen LogP contribution in [0.25, 0.3) is 0 Å². The minimum Gasteiger partial charge on any atom is -0.394 e. The second-order valence-electron chi connectivity index (χ2n) is 4.34. The maximum atomic E-state index is 13.1. The summed E-state index contributed by atoms with van der Waals surface area (Å²) < 4.78 is 13.1. The lowest BCUT2D eigenvalue weighted by Gasteiger charge is -2.27. The van der Waals surface area contributed by atoms with Crippen LogP contribution < -0.4 is 5.32 Å². The highest BCUT2D eigenvalue weighted by Gasteiger charge is 2.20. The van der Waals surface area contributed by atoms with Gasteiger partial charge in [0.25, 0.3) is 0 Å². The van der Waals surface area contributed by atoms with E-state index in [0.29, 0.717) is 17.7 Å². The van der Waals surface area contributed by atoms with Crippen molar-refractivity contribution in [2.45, 2.75) is 32.4 Å². The molecule has 0 aliphatic carbocycles. The lowest BCUT2D eigenvalue weighted by Crippen LogP contribution is -2.44. The van der Waals surface area contributed by atoms with Crippen molar-refractivity contribution in [3.05, 3.63) is 35.1 Å². The largest absolute Gasteiger partial charge is 0.394 e. The van der Waals surface area contributed by atoms with Gasteiger partial charge in [-0.25, -0.2) is 4.39 Å². The zero-order chi connectivity index (χ0) is 12.9. The zero-order valence-corrected chi connectivity index (χ0v) is 10.1. The fourth-order valence-electron chi connectivity index (χ4n) is 1.42. The summed E-state index contributed by atoms with van der Waals surface area (Å²) in [6.45, 7) is 4.21. The average molecular weight is 236 g/mol. The minimum absolute atomic E-state index is 0.000697. The van der Waals surface area contributed by atoms with Gasteiger partial charge in [0.1, 0.15) is 5.82 Å². The van der Waals surface area contributed by atoms with Crippen LogP contribution in [0.5, 0.6) is 0 Å². The van der Waals surface area contributed by atoms with Gasteiger partial charge in [-0.05, 0) is 37.1 Å². The predicted octanol–water partition coefficient (Wildman–Crippen LogP) is 1.95. The van der Waals surface area contributed by atoms with Crippen LogP contribution in [0.15, 0.2) is 18.2 Å². The Morgan fingerprint density at radius 3 is 2.76 bits per heavy atom. The van der Waals surface area contributed by atoms with Crippen molar-refractivity contribution in [1.29, 1.82) is 5.26 Å². The number of benzene rings is 1. The first kappa shape index (κ1) is 13.6. The number of rotatable bonds is 5. The maximum absolute atomic E-state index is 13.1. The fourth-order valence-corrected chi connectivity index (χ4v) is 1.42. The Kier molecular flexibility index (Phi) is 4.62. The van der Waals surface area contributed by atoms with Crippen LogP contribution in [0.2, 0.25) is 0 Å². The molecule has 0 saturated heterocycles. The molecule has 1 unspecified atom stereocenters. The lowest BCUT2D eigenvalue weighted by atomic mass is 9.99. The highest BCUT2D eigenvalue weighted by Crippen LogP contribution is 2.13. The van der Waals surface area contributed by atoms with Gasteiger partial charge in [0.2, 0.25) is 0 Å². The van der Waals surface area contributed by atoms with E-state index < -0.39 is 5.54 Å². The molecule has 0 spiro atoms. The Morgan fingerprint density at radius 2 is 2.24 bits per heavy atom. The summed E-state index contributed by atoms with van der Waals surface area (Å²) in [5.74, 6) is -0.358. The fraction of sp³-hybridized carbons (Fsp3) is 0.462. The summed E-state index contributed by atoms with van der Waals surface area (Å²) in [5.41, 5.74) is 0.662. The molecule has 1 atom stereocenters. The van der Waals surface area contributed by atoms with E-state index in [1.807, 2.05) is 19.9 Å². The molecule has 92 valence electrons. The van der Waals surface area contributed by atoms with Gasteiger partial charge in [0.15, 0.2) is 0 Å². The number of nitrogens with zero attached hydrogens (tertiary/aromatic N) is 1. The first-order valence-electron chi connectivity index (χ1n) is 5.59. The van der Waals surface area contributed by atoms with Crippen LogP contribution in [0.4, 0.5) is 4.39 Å². The summed E-state index contributed by atoms with van der Waals surface area (Å²) in [5, 5.41) is 21.3. The van der Waals surface area contributed by atoms with Crippen molar-refractivity contribution in [3.8, 4) is 6.07 Å². The van der Waals surface area contributed by atoms with Crippen molar-refractivity contribution < 1.29 is 9.50 Å². The third-order valence-electron chi connectivity index (χ3n) is 3.02. The van der Waals surface area contributed by atoms with Gasteiger partial charge in [0, 0.05) is 12.1 Å². The van der Waals surface area contributed by atoms with Crippen molar-refractivity contribution in [2.75, 3.05) is 6.61 Å². The molecular weight excluding hydrogens is 219 g/mol. The molecule has 0 saturated carbocycles. The SMILES string of the molecule is CCC(C)(CO)NCc1cc(F)ccc1C#N. The number of nitrogens with one attached hydrogen (secondary N) is 1. The average Bonchev–Trinajstić information content (AvgIpc) is 2.36. The van der Waals surface area contributed by atoms with Crippen LogP contribution in [-0.4, -0.2) is 17.3 Å². The summed E-state index contributed by atoms with van der Waals surface area (Å²) in [4.78, 5) is 0. The lowest BCUT2D eigenvalue weighted by molar-refractivity contribution is 0.169. The van der Waals surface area contributed by atoms with Crippen LogP contribution in [0.3, 0.4) is 0 Å². The van der Waals surface area contributed by atoms with Gasteiger partial charge < -0.3 is 10.4 Å². The molecule has 17 heavy (non-hydrogen) atoms. The van der Waals surface area contributed by atoms with E-state index in [9.17, 15) is 9.50 Å². The van der Waals surface area contributed by atoms with Gasteiger partial charge in [0.05, 0.1) is 18.2 Å².